The summed E-state index contributed by atoms with van der Waals surface area (Å²) < 4.78 is 0. The van der Waals surface area contributed by atoms with E-state index >= 15 is 0 Å². The molecule has 0 heterocycles. The Morgan fingerprint density at radius 2 is 2.11 bits per heavy atom. The van der Waals surface area contributed by atoms with Crippen LogP contribution >= 0.6 is 0 Å². The van der Waals surface area contributed by atoms with Crippen LogP contribution in [-0.4, -0.2) is 19.1 Å². The molecule has 0 bridgehead atoms. The van der Waals surface area contributed by atoms with Gasteiger partial charge < -0.3 is 16.0 Å². The highest BCUT2D eigenvalue weighted by Crippen LogP contribution is 2.10. The Kier molecular flexibility index (Phi) is 6.87. The predicted molar refractivity (Wildman–Crippen MR) is 75.8 cm³/mol. The third-order valence-corrected chi connectivity index (χ3v) is 2.58. The quantitative estimate of drug-likeness (QED) is 0.651. The van der Waals surface area contributed by atoms with Crippen LogP contribution in [0.15, 0.2) is 24.3 Å². The fraction of sp³-hybridized carbons (Fsp3) is 0.500. The number of anilines is 1. The van der Waals surface area contributed by atoms with Crippen LogP contribution in [0.2, 0.25) is 0 Å². The van der Waals surface area contributed by atoms with Gasteiger partial charge in [0, 0.05) is 18.8 Å². The third-order valence-electron chi connectivity index (χ3n) is 2.58. The summed E-state index contributed by atoms with van der Waals surface area (Å²) in [5, 5.41) is 8.93. The zero-order valence-electron chi connectivity index (χ0n) is 11.3. The van der Waals surface area contributed by atoms with Crippen molar-refractivity contribution in [2.75, 3.05) is 18.4 Å². The molecule has 1 aromatic carbocycles. The number of benzene rings is 1. The van der Waals surface area contributed by atoms with E-state index in [-0.39, 0.29) is 6.03 Å². The van der Waals surface area contributed by atoms with Crippen molar-refractivity contribution in [3.63, 3.8) is 0 Å². The van der Waals surface area contributed by atoms with Gasteiger partial charge in [-0.3, -0.25) is 0 Å². The molecule has 0 aliphatic rings. The lowest BCUT2D eigenvalue weighted by Crippen LogP contribution is -2.29. The van der Waals surface area contributed by atoms with Gasteiger partial charge >= 0.3 is 6.03 Å². The van der Waals surface area contributed by atoms with E-state index in [1.54, 1.807) is 0 Å². The van der Waals surface area contributed by atoms with E-state index in [0.717, 1.165) is 38.2 Å². The number of rotatable bonds is 7. The van der Waals surface area contributed by atoms with Crippen LogP contribution in [0.1, 0.15) is 32.3 Å². The minimum absolute atomic E-state index is 0.135. The van der Waals surface area contributed by atoms with Crippen LogP contribution in [0.4, 0.5) is 10.5 Å². The lowest BCUT2D eigenvalue weighted by molar-refractivity contribution is 0.252. The molecule has 0 radical (unpaired) electrons. The number of hydrogen-bond donors (Lipinski definition) is 3. The maximum Gasteiger partial charge on any atom is 0.319 e. The average Bonchev–Trinajstić information content (AvgIpc) is 2.37. The van der Waals surface area contributed by atoms with Crippen LogP contribution in [0, 0.1) is 0 Å². The Morgan fingerprint density at radius 3 is 2.83 bits per heavy atom. The van der Waals surface area contributed by atoms with Gasteiger partial charge in [0.15, 0.2) is 0 Å². The number of unbranched alkanes of at least 4 members (excludes halogenated alkanes) is 1. The molecule has 0 aliphatic carbocycles. The molecule has 100 valence electrons. The van der Waals surface area contributed by atoms with Crippen LogP contribution in [0.5, 0.6) is 0 Å². The second-order valence-electron chi connectivity index (χ2n) is 4.22. The summed E-state index contributed by atoms with van der Waals surface area (Å²) in [6, 6.07) is 7.75. The highest BCUT2D eigenvalue weighted by Gasteiger charge is 2.01. The van der Waals surface area contributed by atoms with Crippen LogP contribution in [0.3, 0.4) is 0 Å². The van der Waals surface area contributed by atoms with E-state index in [1.165, 1.54) is 5.56 Å². The molecule has 1 aromatic rings. The molecule has 1 rings (SSSR count). The highest BCUT2D eigenvalue weighted by atomic mass is 16.2. The fourth-order valence-electron chi connectivity index (χ4n) is 1.58. The molecule has 4 nitrogen and oxygen atoms in total. The summed E-state index contributed by atoms with van der Waals surface area (Å²) in [6.45, 7) is 6.66. The van der Waals surface area contributed by atoms with Crippen molar-refractivity contribution in [3.05, 3.63) is 29.8 Å². The van der Waals surface area contributed by atoms with Crippen molar-refractivity contribution < 1.29 is 4.79 Å². The first-order valence-electron chi connectivity index (χ1n) is 6.60. The average molecular weight is 249 g/mol. The Hall–Kier alpha value is -1.55. The van der Waals surface area contributed by atoms with Crippen molar-refractivity contribution in [2.45, 2.75) is 33.2 Å². The van der Waals surface area contributed by atoms with Crippen LogP contribution < -0.4 is 16.0 Å². The number of nitrogens with one attached hydrogen (secondary N) is 3. The Labute approximate surface area is 109 Å². The van der Waals surface area contributed by atoms with E-state index < -0.39 is 0 Å². The molecule has 0 spiro atoms. The van der Waals surface area contributed by atoms with Gasteiger partial charge in [-0.05, 0) is 30.7 Å². The third kappa shape index (κ3) is 5.68. The molecule has 4 heteroatoms. The molecule has 0 unspecified atom stereocenters. The molecule has 18 heavy (non-hydrogen) atoms. The first kappa shape index (κ1) is 14.5. The second-order valence-corrected chi connectivity index (χ2v) is 4.22. The number of amides is 2. The van der Waals surface area contributed by atoms with Gasteiger partial charge in [-0.1, -0.05) is 32.4 Å². The lowest BCUT2D eigenvalue weighted by Gasteiger charge is -2.09. The van der Waals surface area contributed by atoms with Crippen molar-refractivity contribution in [1.29, 1.82) is 0 Å². The normalized spacial score (nSPS) is 10.1. The lowest BCUT2D eigenvalue weighted by atomic mass is 10.2. The zero-order chi connectivity index (χ0) is 13.2. The standard InChI is InChI=1S/C14H23N3O/c1-3-5-9-16-14(18)17-13-8-6-7-12(10-13)11-15-4-2/h6-8,10,15H,3-5,9,11H2,1-2H3,(H2,16,17,18). The molecular weight excluding hydrogens is 226 g/mol. The van der Waals surface area contributed by atoms with E-state index in [2.05, 4.69) is 29.8 Å². The summed E-state index contributed by atoms with van der Waals surface area (Å²) in [5.74, 6) is 0. The largest absolute Gasteiger partial charge is 0.338 e. The smallest absolute Gasteiger partial charge is 0.319 e. The Balaban J connectivity index is 2.43. The summed E-state index contributed by atoms with van der Waals surface area (Å²) in [5.41, 5.74) is 2.00. The van der Waals surface area contributed by atoms with E-state index in [1.807, 2.05) is 24.3 Å². The fourth-order valence-corrected chi connectivity index (χ4v) is 1.58. The first-order valence-corrected chi connectivity index (χ1v) is 6.60. The zero-order valence-corrected chi connectivity index (χ0v) is 11.3. The number of carbonyl (C=O) groups is 1. The molecule has 0 aromatic heterocycles. The molecule has 2 amide bonds. The summed E-state index contributed by atoms with van der Waals surface area (Å²) in [4.78, 5) is 11.6. The van der Waals surface area contributed by atoms with Crippen molar-refractivity contribution in [1.82, 2.24) is 10.6 Å². The van der Waals surface area contributed by atoms with Crippen molar-refractivity contribution >= 4 is 11.7 Å². The maximum absolute atomic E-state index is 11.6. The van der Waals surface area contributed by atoms with Gasteiger partial charge in [-0.25, -0.2) is 4.79 Å². The number of hydrogen-bond acceptors (Lipinski definition) is 2. The maximum atomic E-state index is 11.6. The van der Waals surface area contributed by atoms with Gasteiger partial charge in [0.1, 0.15) is 0 Å². The summed E-state index contributed by atoms with van der Waals surface area (Å²) >= 11 is 0. The van der Waals surface area contributed by atoms with Gasteiger partial charge in [0.25, 0.3) is 0 Å². The predicted octanol–water partition coefficient (Wildman–Crippen LogP) is 2.72. The van der Waals surface area contributed by atoms with Gasteiger partial charge in [0.05, 0.1) is 0 Å². The molecule has 0 saturated carbocycles. The topological polar surface area (TPSA) is 53.2 Å². The van der Waals surface area contributed by atoms with Crippen LogP contribution in [-0.2, 0) is 6.54 Å². The first-order chi connectivity index (χ1) is 8.76. The van der Waals surface area contributed by atoms with Crippen molar-refractivity contribution in [3.8, 4) is 0 Å². The van der Waals surface area contributed by atoms with Crippen molar-refractivity contribution in [2.24, 2.45) is 0 Å². The molecule has 3 N–H and O–H groups in total. The SMILES string of the molecule is CCCCNC(=O)Nc1cccc(CNCC)c1. The van der Waals surface area contributed by atoms with Gasteiger partial charge in [0.2, 0.25) is 0 Å². The van der Waals surface area contributed by atoms with E-state index in [0.29, 0.717) is 0 Å². The van der Waals surface area contributed by atoms with Gasteiger partial charge in [-0.15, -0.1) is 0 Å². The minimum atomic E-state index is -0.135. The Morgan fingerprint density at radius 1 is 1.28 bits per heavy atom. The molecule has 0 aliphatic heterocycles. The van der Waals surface area contributed by atoms with Crippen LogP contribution in [0.25, 0.3) is 0 Å². The highest BCUT2D eigenvalue weighted by molar-refractivity contribution is 5.89. The molecule has 0 saturated heterocycles. The summed E-state index contributed by atoms with van der Waals surface area (Å²) in [7, 11) is 0. The number of urea groups is 1. The molecule has 0 atom stereocenters. The Bertz CT molecular complexity index is 366. The van der Waals surface area contributed by atoms with Gasteiger partial charge in [-0.2, -0.15) is 0 Å². The number of carbonyl (C=O) groups excluding carboxylic acids is 1. The second kappa shape index (κ2) is 8.53. The monoisotopic (exact) mass is 249 g/mol. The molecule has 0 fully saturated rings. The van der Waals surface area contributed by atoms with E-state index in [4.69, 9.17) is 0 Å². The van der Waals surface area contributed by atoms with E-state index in [9.17, 15) is 4.79 Å². The minimum Gasteiger partial charge on any atom is -0.338 e. The molecular formula is C14H23N3O. The summed E-state index contributed by atoms with van der Waals surface area (Å²) in [6.07, 6.45) is 2.09.